The van der Waals surface area contributed by atoms with Gasteiger partial charge in [-0.3, -0.25) is 0 Å². The number of nitrogens with zero attached hydrogens (tertiary/aromatic N) is 2. The molecule has 3 aromatic rings. The van der Waals surface area contributed by atoms with E-state index < -0.39 is 0 Å². The molecule has 0 saturated heterocycles. The van der Waals surface area contributed by atoms with E-state index in [-0.39, 0.29) is 0 Å². The molecule has 0 aliphatic rings. The topological polar surface area (TPSA) is 36.3 Å². The molecule has 0 bridgehead atoms. The van der Waals surface area contributed by atoms with Gasteiger partial charge in [0, 0.05) is 6.54 Å². The number of aryl methyl sites for hydroxylation is 1. The van der Waals surface area contributed by atoms with Crippen molar-refractivity contribution in [3.8, 4) is 11.5 Å². The second-order valence-corrected chi connectivity index (χ2v) is 7.05. The largest absolute Gasteiger partial charge is 0.493 e. The van der Waals surface area contributed by atoms with Gasteiger partial charge in [0.25, 0.3) is 0 Å². The molecule has 4 heteroatoms. The van der Waals surface area contributed by atoms with Gasteiger partial charge >= 0.3 is 0 Å². The number of methoxy groups -OCH3 is 1. The first kappa shape index (κ1) is 19.0. The second kappa shape index (κ2) is 8.76. The number of para-hydroxylation sites is 2. The van der Waals surface area contributed by atoms with Crippen LogP contribution in [0, 0.1) is 5.92 Å². The summed E-state index contributed by atoms with van der Waals surface area (Å²) in [6, 6.07) is 14.2. The van der Waals surface area contributed by atoms with Crippen LogP contribution in [0.5, 0.6) is 11.5 Å². The van der Waals surface area contributed by atoms with Crippen LogP contribution in [-0.2, 0) is 13.2 Å². The fraction of sp³-hybridized carbons (Fsp3) is 0.348. The van der Waals surface area contributed by atoms with Crippen molar-refractivity contribution >= 4 is 17.1 Å². The highest BCUT2D eigenvalue weighted by Crippen LogP contribution is 2.29. The minimum Gasteiger partial charge on any atom is -0.493 e. The highest BCUT2D eigenvalue weighted by atomic mass is 16.5. The van der Waals surface area contributed by atoms with Crippen LogP contribution in [0.15, 0.2) is 48.5 Å². The standard InChI is InChI=1S/C23H28N2O2/c1-5-8-18-11-12-21(22(15-18)26-4)27-16-23-24-19-9-6-7-10-20(19)25(23)14-13-17(2)3/h5-12,15,17H,13-14,16H2,1-4H3/b8-5-. The Balaban J connectivity index is 1.85. The molecule has 1 heterocycles. The number of fused-ring (bicyclic) bond motifs is 1. The molecule has 0 saturated carbocycles. The van der Waals surface area contributed by atoms with Crippen molar-refractivity contribution in [1.29, 1.82) is 0 Å². The zero-order chi connectivity index (χ0) is 19.2. The molecular weight excluding hydrogens is 336 g/mol. The highest BCUT2D eigenvalue weighted by molar-refractivity contribution is 5.75. The van der Waals surface area contributed by atoms with Gasteiger partial charge in [0.1, 0.15) is 12.4 Å². The molecule has 0 radical (unpaired) electrons. The van der Waals surface area contributed by atoms with E-state index in [1.54, 1.807) is 7.11 Å². The third-order valence-corrected chi connectivity index (χ3v) is 4.57. The van der Waals surface area contributed by atoms with E-state index in [0.29, 0.717) is 12.5 Å². The summed E-state index contributed by atoms with van der Waals surface area (Å²) in [4.78, 5) is 4.79. The van der Waals surface area contributed by atoms with Gasteiger partial charge in [-0.15, -0.1) is 0 Å². The molecule has 0 aliphatic carbocycles. The van der Waals surface area contributed by atoms with Gasteiger partial charge in [-0.1, -0.05) is 44.2 Å². The van der Waals surface area contributed by atoms with Crippen molar-refractivity contribution in [2.75, 3.05) is 7.11 Å². The second-order valence-electron chi connectivity index (χ2n) is 7.05. The van der Waals surface area contributed by atoms with Gasteiger partial charge in [0.2, 0.25) is 0 Å². The van der Waals surface area contributed by atoms with Gasteiger partial charge in [-0.05, 0) is 49.1 Å². The van der Waals surface area contributed by atoms with Crippen LogP contribution in [0.25, 0.3) is 17.1 Å². The Kier molecular flexibility index (Phi) is 6.17. The summed E-state index contributed by atoms with van der Waals surface area (Å²) in [7, 11) is 1.67. The summed E-state index contributed by atoms with van der Waals surface area (Å²) in [5, 5.41) is 0. The maximum atomic E-state index is 6.09. The first-order valence-electron chi connectivity index (χ1n) is 9.50. The van der Waals surface area contributed by atoms with Crippen molar-refractivity contribution in [2.24, 2.45) is 5.92 Å². The minimum absolute atomic E-state index is 0.409. The zero-order valence-corrected chi connectivity index (χ0v) is 16.6. The molecular formula is C23H28N2O2. The van der Waals surface area contributed by atoms with Crippen LogP contribution < -0.4 is 9.47 Å². The average Bonchev–Trinajstić information content (AvgIpc) is 3.03. The van der Waals surface area contributed by atoms with Crippen molar-refractivity contribution in [3.63, 3.8) is 0 Å². The van der Waals surface area contributed by atoms with Crippen LogP contribution >= 0.6 is 0 Å². The number of aromatic nitrogens is 2. The molecule has 3 rings (SSSR count). The summed E-state index contributed by atoms with van der Waals surface area (Å²) >= 11 is 0. The summed E-state index contributed by atoms with van der Waals surface area (Å²) < 4.78 is 13.9. The van der Waals surface area contributed by atoms with E-state index >= 15 is 0 Å². The first-order valence-corrected chi connectivity index (χ1v) is 9.50. The molecule has 0 N–H and O–H groups in total. The molecule has 142 valence electrons. The average molecular weight is 364 g/mol. The number of benzene rings is 2. The van der Waals surface area contributed by atoms with Crippen molar-refractivity contribution in [1.82, 2.24) is 9.55 Å². The molecule has 0 aliphatic heterocycles. The fourth-order valence-electron chi connectivity index (χ4n) is 3.11. The SMILES string of the molecule is C/C=C\c1ccc(OCc2nc3ccccc3n2CCC(C)C)c(OC)c1. The predicted octanol–water partition coefficient (Wildman–Crippen LogP) is 5.70. The van der Waals surface area contributed by atoms with E-state index in [0.717, 1.165) is 46.9 Å². The summed E-state index contributed by atoms with van der Waals surface area (Å²) in [6.07, 6.45) is 5.15. The molecule has 27 heavy (non-hydrogen) atoms. The number of hydrogen-bond acceptors (Lipinski definition) is 3. The Morgan fingerprint density at radius 3 is 2.67 bits per heavy atom. The van der Waals surface area contributed by atoms with Crippen LogP contribution in [0.4, 0.5) is 0 Å². The monoisotopic (exact) mass is 364 g/mol. The van der Waals surface area contributed by atoms with Gasteiger partial charge in [-0.2, -0.15) is 0 Å². The third-order valence-electron chi connectivity index (χ3n) is 4.57. The number of allylic oxidation sites excluding steroid dienone is 1. The Labute approximate surface area is 161 Å². The number of imidazole rings is 1. The van der Waals surface area contributed by atoms with Crippen molar-refractivity contribution < 1.29 is 9.47 Å². The summed E-state index contributed by atoms with van der Waals surface area (Å²) in [6.45, 7) is 7.83. The van der Waals surface area contributed by atoms with Crippen LogP contribution in [0.3, 0.4) is 0 Å². The first-order chi connectivity index (χ1) is 13.1. The summed E-state index contributed by atoms with van der Waals surface area (Å²) in [5.41, 5.74) is 3.26. The van der Waals surface area contributed by atoms with E-state index in [1.165, 1.54) is 0 Å². The Hall–Kier alpha value is -2.75. The lowest BCUT2D eigenvalue weighted by atomic mass is 10.1. The Bertz CT molecular complexity index is 925. The van der Waals surface area contributed by atoms with Crippen molar-refractivity contribution in [2.45, 2.75) is 40.3 Å². The quantitative estimate of drug-likeness (QED) is 0.514. The smallest absolute Gasteiger partial charge is 0.161 e. The van der Waals surface area contributed by atoms with E-state index in [1.807, 2.05) is 43.3 Å². The molecule has 1 aromatic heterocycles. The minimum atomic E-state index is 0.409. The van der Waals surface area contributed by atoms with Crippen molar-refractivity contribution in [3.05, 3.63) is 59.9 Å². The number of rotatable bonds is 8. The van der Waals surface area contributed by atoms with Gasteiger partial charge in [-0.25, -0.2) is 4.98 Å². The lowest BCUT2D eigenvalue weighted by molar-refractivity contribution is 0.271. The lowest BCUT2D eigenvalue weighted by Crippen LogP contribution is -2.09. The third kappa shape index (κ3) is 4.51. The number of hydrogen-bond donors (Lipinski definition) is 0. The lowest BCUT2D eigenvalue weighted by Gasteiger charge is -2.14. The maximum absolute atomic E-state index is 6.09. The normalized spacial score (nSPS) is 11.6. The molecule has 4 nitrogen and oxygen atoms in total. The van der Waals surface area contributed by atoms with Gasteiger partial charge in [0.15, 0.2) is 11.5 Å². The molecule has 2 aromatic carbocycles. The molecule has 0 spiro atoms. The Morgan fingerprint density at radius 1 is 1.11 bits per heavy atom. The van der Waals surface area contributed by atoms with Crippen LogP contribution in [0.1, 0.15) is 38.6 Å². The highest BCUT2D eigenvalue weighted by Gasteiger charge is 2.13. The van der Waals surface area contributed by atoms with Gasteiger partial charge in [0.05, 0.1) is 18.1 Å². The van der Waals surface area contributed by atoms with E-state index in [2.05, 4.69) is 36.6 Å². The van der Waals surface area contributed by atoms with Crippen LogP contribution in [0.2, 0.25) is 0 Å². The Morgan fingerprint density at radius 2 is 1.93 bits per heavy atom. The number of ether oxygens (including phenoxy) is 2. The van der Waals surface area contributed by atoms with Crippen LogP contribution in [-0.4, -0.2) is 16.7 Å². The van der Waals surface area contributed by atoms with Gasteiger partial charge < -0.3 is 14.0 Å². The predicted molar refractivity (Wildman–Crippen MR) is 111 cm³/mol. The fourth-order valence-corrected chi connectivity index (χ4v) is 3.11. The molecule has 0 atom stereocenters. The molecule has 0 amide bonds. The molecule has 0 unspecified atom stereocenters. The maximum Gasteiger partial charge on any atom is 0.161 e. The molecule has 0 fully saturated rings. The summed E-state index contributed by atoms with van der Waals surface area (Å²) in [5.74, 6) is 3.04. The zero-order valence-electron chi connectivity index (χ0n) is 16.6. The van der Waals surface area contributed by atoms with E-state index in [9.17, 15) is 0 Å². The van der Waals surface area contributed by atoms with E-state index in [4.69, 9.17) is 14.5 Å².